The lowest BCUT2D eigenvalue weighted by atomic mass is 10.3. The minimum absolute atomic E-state index is 0.422. The first-order valence-corrected chi connectivity index (χ1v) is 4.81. The fourth-order valence-corrected chi connectivity index (χ4v) is 1.11. The fourth-order valence-electron chi connectivity index (χ4n) is 1.11. The predicted molar refractivity (Wildman–Crippen MR) is 53.9 cm³/mol. The highest BCUT2D eigenvalue weighted by molar-refractivity contribution is 5.92. The van der Waals surface area contributed by atoms with Crippen LogP contribution in [0.3, 0.4) is 0 Å². The molecule has 0 saturated carbocycles. The molecule has 1 rings (SSSR count). The molecule has 1 aromatic carbocycles. The molecule has 1 aromatic rings. The Labute approximate surface area is 99.0 Å². The number of hydrogen-bond donors (Lipinski definition) is 2. The van der Waals surface area contributed by atoms with E-state index in [-0.39, 0.29) is 0 Å². The second-order valence-corrected chi connectivity index (χ2v) is 3.37. The van der Waals surface area contributed by atoms with Gasteiger partial charge in [0, 0.05) is 0 Å². The number of rotatable bonds is 4. The van der Waals surface area contributed by atoms with Gasteiger partial charge in [0.25, 0.3) is 0 Å². The van der Waals surface area contributed by atoms with Gasteiger partial charge in [0.1, 0.15) is 0 Å². The Bertz CT molecular complexity index is 433. The van der Waals surface area contributed by atoms with Gasteiger partial charge in [0.05, 0.1) is 18.8 Å². The number of hydrogen-bond acceptors (Lipinski definition) is 2. The van der Waals surface area contributed by atoms with Crippen LogP contribution in [0.4, 0.5) is 27.6 Å². The molecule has 0 spiro atoms. The molecule has 0 aliphatic carbocycles. The van der Waals surface area contributed by atoms with E-state index in [0.29, 0.717) is 0 Å². The summed E-state index contributed by atoms with van der Waals surface area (Å²) in [5.74, 6) is -3.32. The molecule has 2 N–H and O–H groups in total. The first-order chi connectivity index (χ1) is 8.29. The number of alkyl halides is 3. The van der Waals surface area contributed by atoms with Crippen molar-refractivity contribution >= 4 is 11.6 Å². The zero-order chi connectivity index (χ0) is 13.8. The van der Waals surface area contributed by atoms with E-state index in [1.165, 1.54) is 0 Å². The number of benzene rings is 1. The maximum absolute atomic E-state index is 13.1. The third kappa shape index (κ3) is 4.66. The number of anilines is 1. The smallest absolute Gasteiger partial charge is 0.322 e. The highest BCUT2D eigenvalue weighted by atomic mass is 19.4. The lowest BCUT2D eigenvalue weighted by molar-refractivity contribution is -0.126. The third-order valence-corrected chi connectivity index (χ3v) is 1.84. The molecule has 0 unspecified atom stereocenters. The number of nitrogens with one attached hydrogen (secondary N) is 2. The van der Waals surface area contributed by atoms with Crippen LogP contribution in [0.1, 0.15) is 0 Å². The summed E-state index contributed by atoms with van der Waals surface area (Å²) in [5.41, 5.74) is -0.422. The van der Waals surface area contributed by atoms with Crippen LogP contribution in [0.5, 0.6) is 0 Å². The first-order valence-electron chi connectivity index (χ1n) is 4.81. The predicted octanol–water partition coefficient (Wildman–Crippen LogP) is 2.06. The molecule has 0 saturated heterocycles. The molecular weight excluding hydrogens is 259 g/mol. The van der Waals surface area contributed by atoms with Crippen molar-refractivity contribution in [2.75, 3.05) is 18.4 Å². The van der Waals surface area contributed by atoms with Gasteiger partial charge in [-0.15, -0.1) is 0 Å². The Morgan fingerprint density at radius 3 is 2.50 bits per heavy atom. The molecule has 0 heterocycles. The molecular formula is C10H9F5N2O. The van der Waals surface area contributed by atoms with Gasteiger partial charge in [-0.25, -0.2) is 8.78 Å². The highest BCUT2D eigenvalue weighted by Crippen LogP contribution is 2.16. The average molecular weight is 268 g/mol. The molecule has 0 bridgehead atoms. The summed E-state index contributed by atoms with van der Waals surface area (Å²) in [5, 5.41) is 3.78. The van der Waals surface area contributed by atoms with Crippen LogP contribution in [0.15, 0.2) is 18.2 Å². The Morgan fingerprint density at radius 1 is 1.22 bits per heavy atom. The van der Waals surface area contributed by atoms with Crippen LogP contribution < -0.4 is 10.6 Å². The van der Waals surface area contributed by atoms with Gasteiger partial charge in [0.2, 0.25) is 5.91 Å². The summed E-state index contributed by atoms with van der Waals surface area (Å²) in [4.78, 5) is 11.1. The van der Waals surface area contributed by atoms with Crippen molar-refractivity contribution in [2.45, 2.75) is 6.18 Å². The fraction of sp³-hybridized carbons (Fsp3) is 0.300. The largest absolute Gasteiger partial charge is 0.401 e. The standard InChI is InChI=1S/C10H9F5N2O/c11-6-2-1-3-7(9(6)12)17-8(18)4-16-5-10(13,14)15/h1-3,16H,4-5H2,(H,17,18). The topological polar surface area (TPSA) is 41.1 Å². The van der Waals surface area contributed by atoms with Crippen molar-refractivity contribution in [3.63, 3.8) is 0 Å². The summed E-state index contributed by atoms with van der Waals surface area (Å²) < 4.78 is 61.1. The van der Waals surface area contributed by atoms with Crippen molar-refractivity contribution in [3.05, 3.63) is 29.8 Å². The van der Waals surface area contributed by atoms with Crippen LogP contribution in [0.25, 0.3) is 0 Å². The molecule has 0 atom stereocenters. The van der Waals surface area contributed by atoms with Gasteiger partial charge in [0.15, 0.2) is 11.6 Å². The summed E-state index contributed by atoms with van der Waals surface area (Å²) in [7, 11) is 0. The van der Waals surface area contributed by atoms with Crippen LogP contribution in [-0.4, -0.2) is 25.2 Å². The van der Waals surface area contributed by atoms with Gasteiger partial charge in [-0.2, -0.15) is 13.2 Å². The van der Waals surface area contributed by atoms with E-state index >= 15 is 0 Å². The van der Waals surface area contributed by atoms with E-state index < -0.39 is 42.5 Å². The quantitative estimate of drug-likeness (QED) is 0.821. The molecule has 0 radical (unpaired) electrons. The lowest BCUT2D eigenvalue weighted by Gasteiger charge is -2.09. The zero-order valence-corrected chi connectivity index (χ0v) is 8.94. The Kier molecular flexibility index (Phi) is 4.60. The summed E-state index contributed by atoms with van der Waals surface area (Å²) >= 11 is 0. The van der Waals surface area contributed by atoms with Crippen LogP contribution in [0, 0.1) is 11.6 Å². The molecule has 1 amide bonds. The van der Waals surface area contributed by atoms with E-state index in [0.717, 1.165) is 18.2 Å². The Balaban J connectivity index is 2.48. The summed E-state index contributed by atoms with van der Waals surface area (Å²) in [6, 6.07) is 3.12. The van der Waals surface area contributed by atoms with E-state index in [4.69, 9.17) is 0 Å². The normalized spacial score (nSPS) is 11.4. The monoisotopic (exact) mass is 268 g/mol. The molecule has 0 aliphatic rings. The van der Waals surface area contributed by atoms with Crippen molar-refractivity contribution in [1.29, 1.82) is 0 Å². The molecule has 8 heteroatoms. The minimum atomic E-state index is -4.44. The van der Waals surface area contributed by atoms with Crippen molar-refractivity contribution in [3.8, 4) is 0 Å². The lowest BCUT2D eigenvalue weighted by Crippen LogP contribution is -2.35. The molecule has 3 nitrogen and oxygen atoms in total. The Morgan fingerprint density at radius 2 is 1.89 bits per heavy atom. The van der Waals surface area contributed by atoms with Gasteiger partial charge in [-0.05, 0) is 12.1 Å². The van der Waals surface area contributed by atoms with E-state index in [1.54, 1.807) is 0 Å². The highest BCUT2D eigenvalue weighted by Gasteiger charge is 2.26. The Hall–Kier alpha value is -1.70. The SMILES string of the molecule is O=C(CNCC(F)(F)F)Nc1cccc(F)c1F. The molecule has 0 aliphatic heterocycles. The minimum Gasteiger partial charge on any atom is -0.322 e. The summed E-state index contributed by atoms with van der Waals surface area (Å²) in [6.07, 6.45) is -4.44. The number of carbonyl (C=O) groups is 1. The third-order valence-electron chi connectivity index (χ3n) is 1.84. The molecule has 0 fully saturated rings. The number of carbonyl (C=O) groups excluding carboxylic acids is 1. The van der Waals surface area contributed by atoms with Crippen LogP contribution in [0.2, 0.25) is 0 Å². The molecule has 100 valence electrons. The van der Waals surface area contributed by atoms with Crippen molar-refractivity contribution < 1.29 is 26.7 Å². The van der Waals surface area contributed by atoms with Crippen LogP contribution >= 0.6 is 0 Å². The second kappa shape index (κ2) is 5.76. The number of amides is 1. The number of halogens is 5. The average Bonchev–Trinajstić information content (AvgIpc) is 2.23. The molecule has 18 heavy (non-hydrogen) atoms. The maximum Gasteiger partial charge on any atom is 0.401 e. The van der Waals surface area contributed by atoms with E-state index in [1.807, 2.05) is 10.6 Å². The molecule has 0 aromatic heterocycles. The van der Waals surface area contributed by atoms with Gasteiger partial charge in [-0.3, -0.25) is 4.79 Å². The van der Waals surface area contributed by atoms with Crippen molar-refractivity contribution in [2.24, 2.45) is 0 Å². The van der Waals surface area contributed by atoms with Gasteiger partial charge < -0.3 is 10.6 Å². The van der Waals surface area contributed by atoms with Crippen molar-refractivity contribution in [1.82, 2.24) is 5.32 Å². The maximum atomic E-state index is 13.1. The summed E-state index contributed by atoms with van der Waals surface area (Å²) in [6.45, 7) is -2.00. The second-order valence-electron chi connectivity index (χ2n) is 3.37. The van der Waals surface area contributed by atoms with Crippen LogP contribution in [-0.2, 0) is 4.79 Å². The first kappa shape index (κ1) is 14.4. The zero-order valence-electron chi connectivity index (χ0n) is 8.94. The van der Waals surface area contributed by atoms with Gasteiger partial charge in [-0.1, -0.05) is 6.07 Å². The van der Waals surface area contributed by atoms with E-state index in [2.05, 4.69) is 0 Å². The van der Waals surface area contributed by atoms with E-state index in [9.17, 15) is 26.7 Å². The van der Waals surface area contributed by atoms with Gasteiger partial charge >= 0.3 is 6.18 Å².